The summed E-state index contributed by atoms with van der Waals surface area (Å²) in [6, 6.07) is 7.42. The normalized spacial score (nSPS) is 10.9. The van der Waals surface area contributed by atoms with Gasteiger partial charge in [0.25, 0.3) is 0 Å². The summed E-state index contributed by atoms with van der Waals surface area (Å²) in [5.74, 6) is 0.821. The average Bonchev–Trinajstić information content (AvgIpc) is 2.80. The first-order valence-electron chi connectivity index (χ1n) is 6.84. The minimum atomic E-state index is -0.0626. The van der Waals surface area contributed by atoms with E-state index in [1.807, 2.05) is 50.1 Å². The largest absolute Gasteiger partial charge is 0.469 e. The highest BCUT2D eigenvalue weighted by molar-refractivity contribution is 5.93. The summed E-state index contributed by atoms with van der Waals surface area (Å²) in [5, 5.41) is 2.89. The summed E-state index contributed by atoms with van der Waals surface area (Å²) >= 11 is 0. The van der Waals surface area contributed by atoms with E-state index in [1.165, 1.54) is 0 Å². The summed E-state index contributed by atoms with van der Waals surface area (Å²) in [7, 11) is 1.90. The molecule has 0 aliphatic heterocycles. The van der Waals surface area contributed by atoms with Gasteiger partial charge >= 0.3 is 0 Å². The molecule has 5 heteroatoms. The first-order chi connectivity index (χ1) is 9.97. The van der Waals surface area contributed by atoms with Gasteiger partial charge in [0, 0.05) is 23.5 Å². The zero-order valence-corrected chi connectivity index (χ0v) is 12.6. The second-order valence-corrected chi connectivity index (χ2v) is 5.24. The molecular weight excluding hydrogens is 266 g/mol. The van der Waals surface area contributed by atoms with E-state index in [4.69, 9.17) is 10.2 Å². The van der Waals surface area contributed by atoms with Gasteiger partial charge in [-0.05, 0) is 44.7 Å². The van der Waals surface area contributed by atoms with E-state index >= 15 is 0 Å². The van der Waals surface area contributed by atoms with E-state index in [-0.39, 0.29) is 5.91 Å². The standard InChI is InChI=1S/C16H21N3O2/c1-11-14(17)5-4-6-15(11)18-16(20)10-19(3)9-13-7-8-21-12(13)2/h4-8H,9-10,17H2,1-3H3,(H,18,20). The molecular formula is C16H21N3O2. The lowest BCUT2D eigenvalue weighted by Gasteiger charge is -2.17. The van der Waals surface area contributed by atoms with E-state index < -0.39 is 0 Å². The number of carbonyl (C=O) groups excluding carboxylic acids is 1. The quantitative estimate of drug-likeness (QED) is 0.829. The number of carbonyl (C=O) groups is 1. The molecule has 0 atom stereocenters. The third-order valence-electron chi connectivity index (χ3n) is 3.47. The molecule has 0 bridgehead atoms. The van der Waals surface area contributed by atoms with E-state index in [0.29, 0.717) is 18.8 Å². The SMILES string of the molecule is Cc1occc1CN(C)CC(=O)Nc1cccc(N)c1C. The summed E-state index contributed by atoms with van der Waals surface area (Å²) in [5.41, 5.74) is 9.24. The van der Waals surface area contributed by atoms with Crippen LogP contribution in [-0.4, -0.2) is 24.4 Å². The molecule has 2 aromatic rings. The molecule has 0 saturated heterocycles. The first kappa shape index (κ1) is 15.1. The van der Waals surface area contributed by atoms with E-state index in [0.717, 1.165) is 22.6 Å². The van der Waals surface area contributed by atoms with Crippen molar-refractivity contribution in [2.45, 2.75) is 20.4 Å². The van der Waals surface area contributed by atoms with Crippen molar-refractivity contribution in [3.63, 3.8) is 0 Å². The predicted molar refractivity (Wildman–Crippen MR) is 84.0 cm³/mol. The van der Waals surface area contributed by atoms with Gasteiger partial charge in [-0.3, -0.25) is 9.69 Å². The van der Waals surface area contributed by atoms with Crippen LogP contribution in [0.1, 0.15) is 16.9 Å². The molecule has 0 aliphatic carbocycles. The molecule has 1 aromatic carbocycles. The lowest BCUT2D eigenvalue weighted by atomic mass is 10.1. The molecule has 0 aliphatic rings. The Bertz CT molecular complexity index is 634. The lowest BCUT2D eigenvalue weighted by Crippen LogP contribution is -2.30. The smallest absolute Gasteiger partial charge is 0.238 e. The Balaban J connectivity index is 1.92. The van der Waals surface area contributed by atoms with Crippen LogP contribution in [0.5, 0.6) is 0 Å². The van der Waals surface area contributed by atoms with Crippen molar-refractivity contribution in [1.82, 2.24) is 4.90 Å². The third kappa shape index (κ3) is 3.86. The molecule has 0 unspecified atom stereocenters. The zero-order valence-electron chi connectivity index (χ0n) is 12.6. The van der Waals surface area contributed by atoms with Gasteiger partial charge in [0.2, 0.25) is 5.91 Å². The predicted octanol–water partition coefficient (Wildman–Crippen LogP) is 2.55. The number of rotatable bonds is 5. The van der Waals surface area contributed by atoms with Crippen LogP contribution in [0.15, 0.2) is 34.9 Å². The number of furan rings is 1. The second kappa shape index (κ2) is 6.45. The lowest BCUT2D eigenvalue weighted by molar-refractivity contribution is -0.117. The molecule has 1 amide bonds. The van der Waals surface area contributed by atoms with E-state index in [1.54, 1.807) is 6.26 Å². The van der Waals surface area contributed by atoms with Gasteiger partial charge in [0.1, 0.15) is 5.76 Å². The van der Waals surface area contributed by atoms with Gasteiger partial charge in [-0.15, -0.1) is 0 Å². The molecule has 1 heterocycles. The van der Waals surface area contributed by atoms with Gasteiger partial charge in [0.15, 0.2) is 0 Å². The summed E-state index contributed by atoms with van der Waals surface area (Å²) in [4.78, 5) is 14.0. The van der Waals surface area contributed by atoms with Crippen LogP contribution >= 0.6 is 0 Å². The number of nitrogens with zero attached hydrogens (tertiary/aromatic N) is 1. The van der Waals surface area contributed by atoms with Crippen LogP contribution < -0.4 is 11.1 Å². The summed E-state index contributed by atoms with van der Waals surface area (Å²) in [6.45, 7) is 4.79. The Morgan fingerprint density at radius 3 is 2.76 bits per heavy atom. The Labute approximate surface area is 124 Å². The van der Waals surface area contributed by atoms with Gasteiger partial charge in [0.05, 0.1) is 12.8 Å². The maximum atomic E-state index is 12.1. The highest BCUT2D eigenvalue weighted by Gasteiger charge is 2.11. The van der Waals surface area contributed by atoms with Crippen molar-refractivity contribution >= 4 is 17.3 Å². The maximum Gasteiger partial charge on any atom is 0.238 e. The maximum absolute atomic E-state index is 12.1. The van der Waals surface area contributed by atoms with Crippen molar-refractivity contribution in [3.8, 4) is 0 Å². The number of nitrogens with two attached hydrogens (primary N) is 1. The minimum Gasteiger partial charge on any atom is -0.469 e. The fourth-order valence-electron chi connectivity index (χ4n) is 2.15. The van der Waals surface area contributed by atoms with Crippen molar-refractivity contribution in [3.05, 3.63) is 47.4 Å². The van der Waals surface area contributed by atoms with Crippen molar-refractivity contribution in [2.24, 2.45) is 0 Å². The zero-order chi connectivity index (χ0) is 15.4. The molecule has 1 aromatic heterocycles. The molecule has 5 nitrogen and oxygen atoms in total. The van der Waals surface area contributed by atoms with Crippen LogP contribution in [0.2, 0.25) is 0 Å². The number of hydrogen-bond acceptors (Lipinski definition) is 4. The Hall–Kier alpha value is -2.27. The fraction of sp³-hybridized carbons (Fsp3) is 0.312. The van der Waals surface area contributed by atoms with Crippen molar-refractivity contribution in [2.75, 3.05) is 24.6 Å². The Morgan fingerprint density at radius 2 is 2.10 bits per heavy atom. The molecule has 0 saturated carbocycles. The number of hydrogen-bond donors (Lipinski definition) is 2. The van der Waals surface area contributed by atoms with Gasteiger partial charge in [-0.2, -0.15) is 0 Å². The van der Waals surface area contributed by atoms with Crippen molar-refractivity contribution in [1.29, 1.82) is 0 Å². The number of nitrogens with one attached hydrogen (secondary N) is 1. The molecule has 21 heavy (non-hydrogen) atoms. The molecule has 112 valence electrons. The summed E-state index contributed by atoms with van der Waals surface area (Å²) in [6.07, 6.45) is 1.66. The van der Waals surface area contributed by atoms with E-state index in [9.17, 15) is 4.79 Å². The number of likely N-dealkylation sites (N-methyl/N-ethyl adjacent to an activating group) is 1. The van der Waals surface area contributed by atoms with Crippen LogP contribution in [0, 0.1) is 13.8 Å². The third-order valence-corrected chi connectivity index (χ3v) is 3.47. The molecule has 0 spiro atoms. The van der Waals surface area contributed by atoms with Crippen molar-refractivity contribution < 1.29 is 9.21 Å². The van der Waals surface area contributed by atoms with E-state index in [2.05, 4.69) is 5.32 Å². The topological polar surface area (TPSA) is 71.5 Å². The van der Waals surface area contributed by atoms with Crippen LogP contribution in [0.25, 0.3) is 0 Å². The first-order valence-corrected chi connectivity index (χ1v) is 6.84. The van der Waals surface area contributed by atoms with Crippen LogP contribution in [-0.2, 0) is 11.3 Å². The fourth-order valence-corrected chi connectivity index (χ4v) is 2.15. The van der Waals surface area contributed by atoms with Gasteiger partial charge < -0.3 is 15.5 Å². The number of benzene rings is 1. The monoisotopic (exact) mass is 287 g/mol. The van der Waals surface area contributed by atoms with Gasteiger partial charge in [-0.1, -0.05) is 6.07 Å². The Morgan fingerprint density at radius 1 is 1.33 bits per heavy atom. The number of nitrogen functional groups attached to an aromatic ring is 1. The van der Waals surface area contributed by atoms with Crippen LogP contribution in [0.3, 0.4) is 0 Å². The van der Waals surface area contributed by atoms with Gasteiger partial charge in [-0.25, -0.2) is 0 Å². The Kier molecular flexibility index (Phi) is 4.65. The number of amides is 1. The highest BCUT2D eigenvalue weighted by Crippen LogP contribution is 2.20. The molecule has 3 N–H and O–H groups in total. The highest BCUT2D eigenvalue weighted by atomic mass is 16.3. The average molecular weight is 287 g/mol. The molecule has 2 rings (SSSR count). The number of anilines is 2. The number of aryl methyl sites for hydroxylation is 1. The molecule has 0 fully saturated rings. The second-order valence-electron chi connectivity index (χ2n) is 5.24. The minimum absolute atomic E-state index is 0.0626. The molecule has 0 radical (unpaired) electrons. The van der Waals surface area contributed by atoms with Crippen LogP contribution in [0.4, 0.5) is 11.4 Å². The summed E-state index contributed by atoms with van der Waals surface area (Å²) < 4.78 is 5.25.